The molecule has 0 saturated carbocycles. The van der Waals surface area contributed by atoms with E-state index in [1.54, 1.807) is 0 Å². The summed E-state index contributed by atoms with van der Waals surface area (Å²) in [5, 5.41) is 0. The van der Waals surface area contributed by atoms with E-state index in [0.29, 0.717) is 12.0 Å². The van der Waals surface area contributed by atoms with Crippen LogP contribution in [0.5, 0.6) is 0 Å². The molecule has 1 aromatic rings. The topological polar surface area (TPSA) is 34.2 Å². The number of hydrogen-bond acceptors (Lipinski definition) is 2. The average Bonchev–Trinajstić information content (AvgIpc) is 2.53. The van der Waals surface area contributed by atoms with Gasteiger partial charge in [-0.3, -0.25) is 0 Å². The number of nitrogens with two attached hydrogens (primary N) is 1. The van der Waals surface area contributed by atoms with Crippen LogP contribution in [0.3, 0.4) is 0 Å². The number of aromatic nitrogens is 1. The highest BCUT2D eigenvalue weighted by atomic mass is 15.1. The Morgan fingerprint density at radius 1 is 1.50 bits per heavy atom. The second-order valence-corrected chi connectivity index (χ2v) is 5.30. The summed E-state index contributed by atoms with van der Waals surface area (Å²) >= 11 is 0. The van der Waals surface area contributed by atoms with Crippen LogP contribution in [0.4, 0.5) is 0 Å². The second-order valence-electron chi connectivity index (χ2n) is 5.30. The predicted octanol–water partition coefficient (Wildman–Crippen LogP) is 1.46. The van der Waals surface area contributed by atoms with Crippen molar-refractivity contribution in [1.29, 1.82) is 0 Å². The van der Waals surface area contributed by atoms with Crippen LogP contribution < -0.4 is 5.73 Å². The van der Waals surface area contributed by atoms with E-state index in [1.807, 2.05) is 0 Å². The van der Waals surface area contributed by atoms with Gasteiger partial charge >= 0.3 is 0 Å². The molecule has 2 N–H and O–H groups in total. The zero-order chi connectivity index (χ0) is 11.9. The van der Waals surface area contributed by atoms with Crippen LogP contribution in [0.2, 0.25) is 0 Å². The molecule has 1 heterocycles. The largest absolute Gasteiger partial charge is 0.354 e. The molecule has 1 aromatic heterocycles. The Kier molecular flexibility index (Phi) is 3.08. The lowest BCUT2D eigenvalue weighted by atomic mass is 9.82. The summed E-state index contributed by atoms with van der Waals surface area (Å²) in [6.07, 6.45) is 4.59. The molecule has 1 aliphatic carbocycles. The number of rotatable bonds is 2. The molecule has 0 saturated heterocycles. The molecule has 0 spiro atoms. The molecule has 1 aliphatic rings. The highest BCUT2D eigenvalue weighted by Crippen LogP contribution is 2.38. The van der Waals surface area contributed by atoms with Crippen LogP contribution in [0.25, 0.3) is 0 Å². The normalized spacial score (nSPS) is 24.9. The molecule has 90 valence electrons. The van der Waals surface area contributed by atoms with Crippen LogP contribution in [-0.4, -0.2) is 30.1 Å². The van der Waals surface area contributed by atoms with Crippen molar-refractivity contribution in [2.75, 3.05) is 20.6 Å². The van der Waals surface area contributed by atoms with Crippen molar-refractivity contribution in [1.82, 2.24) is 9.47 Å². The summed E-state index contributed by atoms with van der Waals surface area (Å²) in [5.41, 5.74) is 10.3. The molecule has 0 aliphatic heterocycles. The van der Waals surface area contributed by atoms with Gasteiger partial charge in [-0.2, -0.15) is 0 Å². The van der Waals surface area contributed by atoms with Crippen molar-refractivity contribution in [3.63, 3.8) is 0 Å². The minimum Gasteiger partial charge on any atom is -0.354 e. The standard InChI is InChI=1S/C13H23N3/c1-9-8-16(4)12-6-10(7-14)5-11(13(9)12)15(2)3/h8,10-11H,5-7,14H2,1-4H3. The van der Waals surface area contributed by atoms with E-state index in [0.717, 1.165) is 13.0 Å². The van der Waals surface area contributed by atoms with Gasteiger partial charge in [0, 0.05) is 25.0 Å². The van der Waals surface area contributed by atoms with Crippen LogP contribution in [-0.2, 0) is 13.5 Å². The second kappa shape index (κ2) is 4.22. The van der Waals surface area contributed by atoms with Gasteiger partial charge < -0.3 is 15.2 Å². The Hall–Kier alpha value is -0.800. The molecule has 2 atom stereocenters. The molecule has 2 unspecified atom stereocenters. The summed E-state index contributed by atoms with van der Waals surface area (Å²) in [7, 11) is 6.48. The number of fused-ring (bicyclic) bond motifs is 1. The monoisotopic (exact) mass is 221 g/mol. The third-order valence-corrected chi connectivity index (χ3v) is 3.88. The van der Waals surface area contributed by atoms with Crippen molar-refractivity contribution in [2.24, 2.45) is 18.7 Å². The van der Waals surface area contributed by atoms with Gasteiger partial charge in [0.1, 0.15) is 0 Å². The van der Waals surface area contributed by atoms with Gasteiger partial charge in [-0.1, -0.05) is 0 Å². The van der Waals surface area contributed by atoms with Gasteiger partial charge in [0.05, 0.1) is 0 Å². The summed E-state index contributed by atoms with van der Waals surface area (Å²) in [4.78, 5) is 2.33. The van der Waals surface area contributed by atoms with Crippen molar-refractivity contribution < 1.29 is 0 Å². The van der Waals surface area contributed by atoms with Gasteiger partial charge in [-0.25, -0.2) is 0 Å². The number of aryl methyl sites for hydroxylation is 2. The van der Waals surface area contributed by atoms with Crippen LogP contribution in [0, 0.1) is 12.8 Å². The first-order valence-corrected chi connectivity index (χ1v) is 6.05. The van der Waals surface area contributed by atoms with Gasteiger partial charge in [0.25, 0.3) is 0 Å². The molecule has 0 aromatic carbocycles. The highest BCUT2D eigenvalue weighted by molar-refractivity contribution is 5.36. The zero-order valence-electron chi connectivity index (χ0n) is 10.8. The van der Waals surface area contributed by atoms with E-state index in [4.69, 9.17) is 5.73 Å². The Morgan fingerprint density at radius 2 is 2.19 bits per heavy atom. The summed E-state index contributed by atoms with van der Waals surface area (Å²) in [6, 6.07) is 0.540. The predicted molar refractivity (Wildman–Crippen MR) is 67.4 cm³/mol. The molecule has 2 rings (SSSR count). The fourth-order valence-electron chi connectivity index (χ4n) is 3.00. The minimum absolute atomic E-state index is 0.540. The lowest BCUT2D eigenvalue weighted by molar-refractivity contribution is 0.230. The quantitative estimate of drug-likeness (QED) is 0.820. The minimum atomic E-state index is 0.540. The van der Waals surface area contributed by atoms with Gasteiger partial charge in [0.15, 0.2) is 0 Å². The SMILES string of the molecule is Cc1cn(C)c2c1C(N(C)C)CC(CN)C2. The maximum Gasteiger partial charge on any atom is 0.0365 e. The maximum absolute atomic E-state index is 5.85. The van der Waals surface area contributed by atoms with Crippen molar-refractivity contribution in [3.8, 4) is 0 Å². The fraction of sp³-hybridized carbons (Fsp3) is 0.692. The lowest BCUT2D eigenvalue weighted by Crippen LogP contribution is -2.32. The van der Waals surface area contributed by atoms with Gasteiger partial charge in [-0.05, 0) is 57.5 Å². The Labute approximate surface area is 98.2 Å². The molecular weight excluding hydrogens is 198 g/mol. The lowest BCUT2D eigenvalue weighted by Gasteiger charge is -2.34. The molecule has 3 nitrogen and oxygen atoms in total. The molecule has 0 bridgehead atoms. The Bertz CT molecular complexity index is 379. The van der Waals surface area contributed by atoms with Crippen LogP contribution >= 0.6 is 0 Å². The van der Waals surface area contributed by atoms with Crippen LogP contribution in [0.1, 0.15) is 29.3 Å². The Morgan fingerprint density at radius 3 is 2.75 bits per heavy atom. The first-order chi connectivity index (χ1) is 7.54. The Balaban J connectivity index is 2.44. The van der Waals surface area contributed by atoms with E-state index in [-0.39, 0.29) is 0 Å². The molecule has 3 heteroatoms. The van der Waals surface area contributed by atoms with E-state index in [2.05, 4.69) is 43.7 Å². The van der Waals surface area contributed by atoms with Gasteiger partial charge in [-0.15, -0.1) is 0 Å². The number of nitrogens with zero attached hydrogens (tertiary/aromatic N) is 2. The molecule has 0 fully saturated rings. The van der Waals surface area contributed by atoms with E-state index < -0.39 is 0 Å². The molecule has 0 radical (unpaired) electrons. The zero-order valence-corrected chi connectivity index (χ0v) is 10.8. The first kappa shape index (κ1) is 11.7. The number of hydrogen-bond donors (Lipinski definition) is 1. The third-order valence-electron chi connectivity index (χ3n) is 3.88. The molecule has 0 amide bonds. The molecular formula is C13H23N3. The van der Waals surface area contributed by atoms with Crippen molar-refractivity contribution in [3.05, 3.63) is 23.0 Å². The highest BCUT2D eigenvalue weighted by Gasteiger charge is 2.30. The first-order valence-electron chi connectivity index (χ1n) is 6.05. The smallest absolute Gasteiger partial charge is 0.0365 e. The van der Waals surface area contributed by atoms with E-state index in [1.165, 1.54) is 23.2 Å². The van der Waals surface area contributed by atoms with E-state index >= 15 is 0 Å². The average molecular weight is 221 g/mol. The fourth-order valence-corrected chi connectivity index (χ4v) is 3.00. The third kappa shape index (κ3) is 1.78. The van der Waals surface area contributed by atoms with Gasteiger partial charge in [0.2, 0.25) is 0 Å². The maximum atomic E-state index is 5.85. The summed E-state index contributed by atoms with van der Waals surface area (Å²) < 4.78 is 2.28. The van der Waals surface area contributed by atoms with E-state index in [9.17, 15) is 0 Å². The van der Waals surface area contributed by atoms with Crippen molar-refractivity contribution in [2.45, 2.75) is 25.8 Å². The summed E-state index contributed by atoms with van der Waals surface area (Å²) in [5.74, 6) is 0.632. The van der Waals surface area contributed by atoms with Crippen molar-refractivity contribution >= 4 is 0 Å². The summed E-state index contributed by atoms with van der Waals surface area (Å²) in [6.45, 7) is 3.02. The molecule has 16 heavy (non-hydrogen) atoms. The van der Waals surface area contributed by atoms with Crippen LogP contribution in [0.15, 0.2) is 6.20 Å².